The van der Waals surface area contributed by atoms with Crippen LogP contribution in [0.4, 0.5) is 11.5 Å². The van der Waals surface area contributed by atoms with Gasteiger partial charge in [0.2, 0.25) is 5.91 Å². The lowest BCUT2D eigenvalue weighted by atomic mass is 9.99. The van der Waals surface area contributed by atoms with Crippen molar-refractivity contribution in [2.24, 2.45) is 0 Å². The second kappa shape index (κ2) is 11.0. The molecule has 0 bridgehead atoms. The molecule has 1 amide bonds. The molecule has 0 saturated carbocycles. The van der Waals surface area contributed by atoms with Crippen LogP contribution < -0.4 is 10.2 Å². The molecule has 4 heterocycles. The number of piperidine rings is 2. The number of halogens is 1. The first-order valence-electron chi connectivity index (χ1n) is 13.2. The number of amides is 1. The number of fused-ring (bicyclic) bond motifs is 1. The summed E-state index contributed by atoms with van der Waals surface area (Å²) in [7, 11) is 0. The fourth-order valence-electron chi connectivity index (χ4n) is 5.58. The average molecular weight is 548 g/mol. The number of aromatic nitrogens is 3. The fourth-order valence-corrected chi connectivity index (χ4v) is 5.72. The number of hydrogen-bond acceptors (Lipinski definition) is 8. The number of nitrogens with zero attached hydrogens (tertiary/aromatic N) is 6. The van der Waals surface area contributed by atoms with Crippen LogP contribution in [0, 0.1) is 18.3 Å². The van der Waals surface area contributed by atoms with Gasteiger partial charge >= 0.3 is 5.97 Å². The van der Waals surface area contributed by atoms with E-state index in [1.807, 2.05) is 30.9 Å². The van der Waals surface area contributed by atoms with Gasteiger partial charge in [0.05, 0.1) is 22.8 Å². The molecule has 0 unspecified atom stereocenters. The summed E-state index contributed by atoms with van der Waals surface area (Å²) in [6.45, 7) is 6.03. The van der Waals surface area contributed by atoms with E-state index in [0.29, 0.717) is 42.0 Å². The van der Waals surface area contributed by atoms with Crippen molar-refractivity contribution in [3.05, 3.63) is 51.9 Å². The number of nitriles is 1. The molecule has 0 aliphatic carbocycles. The topological polar surface area (TPSA) is 135 Å². The third-order valence-electron chi connectivity index (χ3n) is 7.50. The Morgan fingerprint density at radius 2 is 1.95 bits per heavy atom. The molecule has 2 aliphatic rings. The summed E-state index contributed by atoms with van der Waals surface area (Å²) in [5.41, 5.74) is 3.44. The van der Waals surface area contributed by atoms with Crippen molar-refractivity contribution in [1.82, 2.24) is 19.9 Å². The Labute approximate surface area is 231 Å². The number of carboxylic acid groups (broad SMARTS) is 1. The molecule has 11 heteroatoms. The molecule has 1 aromatic carbocycles. The second-order valence-electron chi connectivity index (χ2n) is 10.2. The highest BCUT2D eigenvalue weighted by Crippen LogP contribution is 2.32. The standard InChI is InChI=1S/C28H30ClN7O3/c1-16-13-19(17(2)31-20-6-7-23(29)33-26(20)28(38)39)25-21(14-16)32-22(15-30)27(34-25)35-11-8-18(9-12-35)36-10-4-3-5-24(36)37/h6-7,13-14,17-18,31H,3-5,8-12H2,1-2H3,(H,38,39)/t17-/m1/s1. The minimum Gasteiger partial charge on any atom is -0.476 e. The number of benzene rings is 1. The lowest BCUT2D eigenvalue weighted by molar-refractivity contribution is -0.136. The van der Waals surface area contributed by atoms with E-state index in [-0.39, 0.29) is 34.5 Å². The summed E-state index contributed by atoms with van der Waals surface area (Å²) in [6.07, 6.45) is 4.28. The molecule has 2 aliphatic heterocycles. The van der Waals surface area contributed by atoms with E-state index >= 15 is 0 Å². The number of aryl methyl sites for hydroxylation is 1. The summed E-state index contributed by atoms with van der Waals surface area (Å²) >= 11 is 5.92. The van der Waals surface area contributed by atoms with Crippen LogP contribution in [0.3, 0.4) is 0 Å². The van der Waals surface area contributed by atoms with E-state index in [4.69, 9.17) is 16.6 Å². The Morgan fingerprint density at radius 1 is 1.18 bits per heavy atom. The maximum Gasteiger partial charge on any atom is 0.356 e. The van der Waals surface area contributed by atoms with Gasteiger partial charge in [-0.3, -0.25) is 4.79 Å². The molecule has 2 saturated heterocycles. The Morgan fingerprint density at radius 3 is 2.64 bits per heavy atom. The highest BCUT2D eigenvalue weighted by molar-refractivity contribution is 6.29. The number of hydrogen-bond donors (Lipinski definition) is 2. The summed E-state index contributed by atoms with van der Waals surface area (Å²) in [5, 5.41) is 22.9. The molecule has 1 atom stereocenters. The van der Waals surface area contributed by atoms with Gasteiger partial charge < -0.3 is 20.2 Å². The van der Waals surface area contributed by atoms with E-state index in [1.165, 1.54) is 6.07 Å². The van der Waals surface area contributed by atoms with Gasteiger partial charge in [0.1, 0.15) is 11.2 Å². The first-order chi connectivity index (χ1) is 18.7. The van der Waals surface area contributed by atoms with Gasteiger partial charge in [0.15, 0.2) is 17.2 Å². The predicted molar refractivity (Wildman–Crippen MR) is 148 cm³/mol. The second-order valence-corrected chi connectivity index (χ2v) is 10.6. The number of aromatic carboxylic acids is 1. The third kappa shape index (κ3) is 5.45. The van der Waals surface area contributed by atoms with Crippen molar-refractivity contribution < 1.29 is 14.7 Å². The lowest BCUT2D eigenvalue weighted by Gasteiger charge is -2.40. The normalized spacial score (nSPS) is 17.2. The van der Waals surface area contributed by atoms with Crippen LogP contribution in [0.2, 0.25) is 5.15 Å². The summed E-state index contributed by atoms with van der Waals surface area (Å²) in [5.74, 6) is -0.409. The first kappa shape index (κ1) is 26.6. The monoisotopic (exact) mass is 547 g/mol. The predicted octanol–water partition coefficient (Wildman–Crippen LogP) is 4.71. The van der Waals surface area contributed by atoms with Gasteiger partial charge in [-0.1, -0.05) is 17.7 Å². The van der Waals surface area contributed by atoms with Crippen molar-refractivity contribution in [2.45, 2.75) is 58.0 Å². The summed E-state index contributed by atoms with van der Waals surface area (Å²) in [6, 6.07) is 9.10. The van der Waals surface area contributed by atoms with Crippen LogP contribution in [-0.2, 0) is 4.79 Å². The Hall–Kier alpha value is -3.97. The Bertz CT molecular complexity index is 1480. The number of rotatable bonds is 6. The molecule has 0 spiro atoms. The number of carbonyl (C=O) groups excluding carboxylic acids is 1. The number of carbonyl (C=O) groups is 2. The van der Waals surface area contributed by atoms with Crippen molar-refractivity contribution in [3.8, 4) is 6.07 Å². The number of pyridine rings is 1. The largest absolute Gasteiger partial charge is 0.476 e. The maximum absolute atomic E-state index is 12.4. The molecule has 2 N–H and O–H groups in total. The Kier molecular flexibility index (Phi) is 7.53. The van der Waals surface area contributed by atoms with Crippen molar-refractivity contribution in [1.29, 1.82) is 5.26 Å². The van der Waals surface area contributed by atoms with Gasteiger partial charge in [-0.05, 0) is 63.3 Å². The highest BCUT2D eigenvalue weighted by Gasteiger charge is 2.31. The zero-order valence-electron chi connectivity index (χ0n) is 21.9. The smallest absolute Gasteiger partial charge is 0.356 e. The summed E-state index contributed by atoms with van der Waals surface area (Å²) < 4.78 is 0. The van der Waals surface area contributed by atoms with E-state index in [0.717, 1.165) is 43.4 Å². The van der Waals surface area contributed by atoms with Crippen molar-refractivity contribution >= 4 is 46.0 Å². The van der Waals surface area contributed by atoms with Crippen LogP contribution >= 0.6 is 11.6 Å². The minimum atomic E-state index is -1.18. The van der Waals surface area contributed by atoms with E-state index in [2.05, 4.69) is 26.3 Å². The molecular formula is C28H30ClN7O3. The molecule has 202 valence electrons. The number of nitrogens with one attached hydrogen (secondary N) is 1. The van der Waals surface area contributed by atoms with Gasteiger partial charge in [-0.25, -0.2) is 19.7 Å². The number of carboxylic acids is 1. The molecule has 2 fully saturated rings. The lowest BCUT2D eigenvalue weighted by Crippen LogP contribution is -2.49. The van der Waals surface area contributed by atoms with Gasteiger partial charge in [-0.2, -0.15) is 5.26 Å². The van der Waals surface area contributed by atoms with Gasteiger partial charge in [0, 0.05) is 37.7 Å². The molecule has 3 aromatic rings. The van der Waals surface area contributed by atoms with Crippen LogP contribution in [0.1, 0.15) is 72.4 Å². The summed E-state index contributed by atoms with van der Waals surface area (Å²) in [4.78, 5) is 41.9. The molecule has 2 aromatic heterocycles. The van der Waals surface area contributed by atoms with Crippen molar-refractivity contribution in [2.75, 3.05) is 29.9 Å². The SMILES string of the molecule is Cc1cc([C@@H](C)Nc2ccc(Cl)nc2C(=O)O)c2nc(N3CCC(N4CCCCC4=O)CC3)c(C#N)nc2c1. The van der Waals surface area contributed by atoms with Crippen LogP contribution in [0.25, 0.3) is 11.0 Å². The van der Waals surface area contributed by atoms with Crippen molar-refractivity contribution in [3.63, 3.8) is 0 Å². The van der Waals surface area contributed by atoms with E-state index in [1.54, 1.807) is 6.07 Å². The Balaban J connectivity index is 1.46. The van der Waals surface area contributed by atoms with Crippen LogP contribution in [0.5, 0.6) is 0 Å². The van der Waals surface area contributed by atoms with Crippen LogP contribution in [-0.4, -0.2) is 62.5 Å². The number of likely N-dealkylation sites (tertiary alicyclic amines) is 1. The highest BCUT2D eigenvalue weighted by atomic mass is 35.5. The van der Waals surface area contributed by atoms with Gasteiger partial charge in [0.25, 0.3) is 0 Å². The minimum absolute atomic E-state index is 0.0968. The zero-order valence-corrected chi connectivity index (χ0v) is 22.7. The molecular weight excluding hydrogens is 518 g/mol. The van der Waals surface area contributed by atoms with Crippen LogP contribution in [0.15, 0.2) is 24.3 Å². The quantitative estimate of drug-likeness (QED) is 0.420. The molecule has 5 rings (SSSR count). The van der Waals surface area contributed by atoms with E-state index in [9.17, 15) is 20.0 Å². The van der Waals surface area contributed by atoms with Gasteiger partial charge in [-0.15, -0.1) is 0 Å². The molecule has 0 radical (unpaired) electrons. The average Bonchev–Trinajstić information content (AvgIpc) is 2.93. The third-order valence-corrected chi connectivity index (χ3v) is 7.71. The number of anilines is 2. The molecule has 10 nitrogen and oxygen atoms in total. The molecule has 39 heavy (non-hydrogen) atoms. The first-order valence-corrected chi connectivity index (χ1v) is 13.6. The van der Waals surface area contributed by atoms with E-state index < -0.39 is 5.97 Å². The zero-order chi connectivity index (χ0) is 27.7. The maximum atomic E-state index is 12.4. The fraction of sp³-hybridized carbons (Fsp3) is 0.429.